The van der Waals surface area contributed by atoms with Crippen LogP contribution in [0.3, 0.4) is 0 Å². The summed E-state index contributed by atoms with van der Waals surface area (Å²) >= 11 is 0. The molecule has 2 heterocycles. The van der Waals surface area contributed by atoms with E-state index in [1.54, 1.807) is 30.5 Å². The summed E-state index contributed by atoms with van der Waals surface area (Å²) in [7, 11) is 7.98. The number of nitriles is 1. The molecule has 2 aromatic carbocycles. The Hall–Kier alpha value is -3.91. The molecule has 8 nitrogen and oxygen atoms in total. The van der Waals surface area contributed by atoms with Gasteiger partial charge in [-0.3, -0.25) is 0 Å². The molecular weight excluding hydrogens is 514 g/mol. The van der Waals surface area contributed by atoms with E-state index in [0.29, 0.717) is 36.0 Å². The van der Waals surface area contributed by atoms with E-state index in [1.165, 1.54) is 30.5 Å². The molecule has 0 saturated heterocycles. The van der Waals surface area contributed by atoms with Crippen LogP contribution in [0.4, 0.5) is 8.78 Å². The standard InChI is InChI=1S/C15H20FN3O.C15H16FN3O/c2*1-19(2)8-7-12(9-17)14-10-20-15(18-14)11-3-5-13(16)6-4-11/h3-6,10,12H,7-9,17H2,1-2H3;3-6,10,12H,7-8H2,1-2H3. The van der Waals surface area contributed by atoms with Crippen LogP contribution in [0.15, 0.2) is 69.9 Å². The van der Waals surface area contributed by atoms with Crippen LogP contribution >= 0.6 is 0 Å². The van der Waals surface area contributed by atoms with Gasteiger partial charge in [0.05, 0.1) is 23.4 Å². The van der Waals surface area contributed by atoms with Gasteiger partial charge in [-0.15, -0.1) is 0 Å². The summed E-state index contributed by atoms with van der Waals surface area (Å²) in [6.45, 7) is 2.28. The zero-order chi connectivity index (χ0) is 29.1. The van der Waals surface area contributed by atoms with Crippen molar-refractivity contribution < 1.29 is 17.6 Å². The smallest absolute Gasteiger partial charge is 0.226 e. The van der Waals surface area contributed by atoms with Crippen LogP contribution in [0, 0.1) is 23.0 Å². The molecule has 4 aromatic rings. The minimum absolute atomic E-state index is 0.176. The van der Waals surface area contributed by atoms with Crippen LogP contribution in [0.2, 0.25) is 0 Å². The summed E-state index contributed by atoms with van der Waals surface area (Å²) in [4.78, 5) is 12.9. The first-order chi connectivity index (χ1) is 19.2. The van der Waals surface area contributed by atoms with Crippen LogP contribution in [0.25, 0.3) is 22.9 Å². The van der Waals surface area contributed by atoms with E-state index >= 15 is 0 Å². The first-order valence-corrected chi connectivity index (χ1v) is 13.0. The molecule has 2 atom stereocenters. The third-order valence-electron chi connectivity index (χ3n) is 6.23. The van der Waals surface area contributed by atoms with Crippen molar-refractivity contribution >= 4 is 0 Å². The monoisotopic (exact) mass is 550 g/mol. The fraction of sp³-hybridized carbons (Fsp3) is 0.367. The second kappa shape index (κ2) is 15.0. The molecule has 0 amide bonds. The van der Waals surface area contributed by atoms with Crippen LogP contribution in [0.5, 0.6) is 0 Å². The van der Waals surface area contributed by atoms with E-state index in [1.807, 2.05) is 33.1 Å². The second-order valence-electron chi connectivity index (χ2n) is 9.97. The van der Waals surface area contributed by atoms with Crippen molar-refractivity contribution in [2.75, 3.05) is 47.8 Å². The molecule has 0 aliphatic rings. The Kier molecular flexibility index (Phi) is 11.5. The molecule has 40 heavy (non-hydrogen) atoms. The van der Waals surface area contributed by atoms with Gasteiger partial charge in [0.2, 0.25) is 11.8 Å². The number of aromatic nitrogens is 2. The number of nitrogens with zero attached hydrogens (tertiary/aromatic N) is 5. The summed E-state index contributed by atoms with van der Waals surface area (Å²) in [6.07, 6.45) is 4.77. The lowest BCUT2D eigenvalue weighted by atomic mass is 10.0. The van der Waals surface area contributed by atoms with Gasteiger partial charge in [0.15, 0.2) is 0 Å². The largest absolute Gasteiger partial charge is 0.444 e. The predicted molar refractivity (Wildman–Crippen MR) is 150 cm³/mol. The molecule has 0 saturated carbocycles. The summed E-state index contributed by atoms with van der Waals surface area (Å²) in [6, 6.07) is 14.3. The highest BCUT2D eigenvalue weighted by molar-refractivity contribution is 5.53. The highest BCUT2D eigenvalue weighted by atomic mass is 19.1. The zero-order valence-electron chi connectivity index (χ0n) is 23.3. The molecule has 0 bridgehead atoms. The van der Waals surface area contributed by atoms with Gasteiger partial charge in [0, 0.05) is 23.6 Å². The summed E-state index contributed by atoms with van der Waals surface area (Å²) in [5.41, 5.74) is 8.74. The Bertz CT molecular complexity index is 1340. The van der Waals surface area contributed by atoms with Gasteiger partial charge in [-0.25, -0.2) is 18.7 Å². The topological polar surface area (TPSA) is 108 Å². The first kappa shape index (κ1) is 30.6. The van der Waals surface area contributed by atoms with Crippen molar-refractivity contribution in [2.24, 2.45) is 5.73 Å². The number of hydrogen-bond donors (Lipinski definition) is 1. The SMILES string of the molecule is CN(C)CCC(C#N)c1coc(-c2ccc(F)cc2)n1.CN(C)CCC(CN)c1coc(-c2ccc(F)cc2)n1. The molecule has 2 N–H and O–H groups in total. The van der Waals surface area contributed by atoms with E-state index in [0.717, 1.165) is 30.8 Å². The van der Waals surface area contributed by atoms with Gasteiger partial charge in [-0.1, -0.05) is 0 Å². The van der Waals surface area contributed by atoms with E-state index in [9.17, 15) is 14.0 Å². The molecule has 0 spiro atoms. The Balaban J connectivity index is 0.000000220. The van der Waals surface area contributed by atoms with Gasteiger partial charge < -0.3 is 24.4 Å². The Labute approximate surface area is 234 Å². The van der Waals surface area contributed by atoms with Crippen LogP contribution < -0.4 is 5.73 Å². The minimum atomic E-state index is -0.304. The number of hydrogen-bond acceptors (Lipinski definition) is 8. The van der Waals surface area contributed by atoms with E-state index in [2.05, 4.69) is 20.9 Å². The van der Waals surface area contributed by atoms with Crippen molar-refractivity contribution in [2.45, 2.75) is 24.7 Å². The number of rotatable bonds is 11. The average Bonchev–Trinajstić information content (AvgIpc) is 3.62. The Morgan fingerprint density at radius 3 is 1.68 bits per heavy atom. The second-order valence-corrected chi connectivity index (χ2v) is 9.97. The maximum Gasteiger partial charge on any atom is 0.226 e. The lowest BCUT2D eigenvalue weighted by Crippen LogP contribution is -2.20. The highest BCUT2D eigenvalue weighted by Gasteiger charge is 2.17. The minimum Gasteiger partial charge on any atom is -0.444 e. The van der Waals surface area contributed by atoms with Gasteiger partial charge in [0.1, 0.15) is 24.2 Å². The normalized spacial score (nSPS) is 12.6. The number of oxazole rings is 2. The lowest BCUT2D eigenvalue weighted by Gasteiger charge is -2.15. The highest BCUT2D eigenvalue weighted by Crippen LogP contribution is 2.25. The first-order valence-electron chi connectivity index (χ1n) is 13.0. The van der Waals surface area contributed by atoms with Crippen LogP contribution in [0.1, 0.15) is 36.1 Å². The average molecular weight is 551 g/mol. The number of halogens is 2. The van der Waals surface area contributed by atoms with Gasteiger partial charge in [-0.05, 0) is 103 Å². The molecular formula is C30H36F2N6O2. The fourth-order valence-electron chi connectivity index (χ4n) is 3.84. The predicted octanol–water partition coefficient (Wildman–Crippen LogP) is 5.51. The Morgan fingerprint density at radius 2 is 1.23 bits per heavy atom. The molecule has 0 fully saturated rings. The Morgan fingerprint density at radius 1 is 0.775 bits per heavy atom. The third-order valence-corrected chi connectivity index (χ3v) is 6.23. The maximum absolute atomic E-state index is 12.9. The van der Waals surface area contributed by atoms with Crippen molar-refractivity contribution in [1.82, 2.24) is 19.8 Å². The lowest BCUT2D eigenvalue weighted by molar-refractivity contribution is 0.380. The molecule has 0 aliphatic carbocycles. The number of nitrogens with two attached hydrogens (primary N) is 1. The molecule has 2 aromatic heterocycles. The van der Waals surface area contributed by atoms with Gasteiger partial charge in [0.25, 0.3) is 0 Å². The van der Waals surface area contributed by atoms with Crippen molar-refractivity contribution in [3.63, 3.8) is 0 Å². The third kappa shape index (κ3) is 9.09. The van der Waals surface area contributed by atoms with E-state index < -0.39 is 0 Å². The summed E-state index contributed by atoms with van der Waals surface area (Å²) in [5, 5.41) is 9.21. The van der Waals surface area contributed by atoms with Gasteiger partial charge >= 0.3 is 0 Å². The fourth-order valence-corrected chi connectivity index (χ4v) is 3.84. The maximum atomic E-state index is 12.9. The van der Waals surface area contributed by atoms with Gasteiger partial charge in [-0.2, -0.15) is 5.26 Å². The van der Waals surface area contributed by atoms with Crippen molar-refractivity contribution in [3.8, 4) is 29.0 Å². The zero-order valence-corrected chi connectivity index (χ0v) is 23.3. The molecule has 0 aliphatic heterocycles. The van der Waals surface area contributed by atoms with Crippen LogP contribution in [-0.4, -0.2) is 67.6 Å². The summed E-state index contributed by atoms with van der Waals surface area (Å²) < 4.78 is 36.6. The van der Waals surface area contributed by atoms with Crippen LogP contribution in [-0.2, 0) is 0 Å². The molecule has 2 unspecified atom stereocenters. The van der Waals surface area contributed by atoms with E-state index in [-0.39, 0.29) is 23.5 Å². The molecule has 4 rings (SSSR count). The van der Waals surface area contributed by atoms with E-state index in [4.69, 9.17) is 14.6 Å². The molecule has 10 heteroatoms. The van der Waals surface area contributed by atoms with Crippen molar-refractivity contribution in [3.05, 3.63) is 84.1 Å². The quantitative estimate of drug-likeness (QED) is 0.260. The molecule has 0 radical (unpaired) electrons. The molecule has 212 valence electrons. The summed E-state index contributed by atoms with van der Waals surface area (Å²) in [5.74, 6) is 0.215. The van der Waals surface area contributed by atoms with Crippen molar-refractivity contribution in [1.29, 1.82) is 5.26 Å². The number of benzene rings is 2.